The van der Waals surface area contributed by atoms with E-state index >= 15 is 0 Å². The lowest BCUT2D eigenvalue weighted by Gasteiger charge is -2.24. The second kappa shape index (κ2) is 10.3. The number of anilines is 1. The fourth-order valence-electron chi connectivity index (χ4n) is 2.79. The molecule has 0 bridgehead atoms. The zero-order chi connectivity index (χ0) is 23.1. The number of rotatable bonds is 8. The molecule has 0 radical (unpaired) electrons. The van der Waals surface area contributed by atoms with Crippen molar-refractivity contribution >= 4 is 39.4 Å². The van der Waals surface area contributed by atoms with E-state index in [2.05, 4.69) is 10.5 Å². The van der Waals surface area contributed by atoms with Gasteiger partial charge >= 0.3 is 0 Å². The fourth-order valence-corrected chi connectivity index (χ4v) is 4.34. The van der Waals surface area contributed by atoms with Crippen LogP contribution in [0.15, 0.2) is 82.8 Å². The van der Waals surface area contributed by atoms with Crippen molar-refractivity contribution in [2.75, 3.05) is 18.0 Å². The zero-order valence-electron chi connectivity index (χ0n) is 17.5. The first-order valence-corrected chi connectivity index (χ1v) is 11.4. The summed E-state index contributed by atoms with van der Waals surface area (Å²) in [5, 5.41) is 4.49. The topological polar surface area (TPSA) is 88.1 Å². The van der Waals surface area contributed by atoms with Crippen LogP contribution in [0.25, 0.3) is 0 Å². The molecule has 0 aliphatic heterocycles. The number of nitrogens with zero attached hydrogens (tertiary/aromatic N) is 2. The smallest absolute Gasteiger partial charge is 0.264 e. The minimum atomic E-state index is -4.00. The number of carbonyl (C=O) groups excluding carboxylic acids is 1. The summed E-state index contributed by atoms with van der Waals surface area (Å²) in [6.45, 7) is 1.41. The molecule has 3 aromatic rings. The third kappa shape index (κ3) is 5.87. The lowest BCUT2D eigenvalue weighted by Crippen LogP contribution is -2.39. The third-order valence-corrected chi connectivity index (χ3v) is 6.57. The zero-order valence-corrected chi connectivity index (χ0v) is 19.1. The van der Waals surface area contributed by atoms with Crippen LogP contribution in [-0.4, -0.2) is 34.2 Å². The number of sulfonamides is 1. The number of nitrogens with one attached hydrogen (secondary N) is 1. The van der Waals surface area contributed by atoms with Crippen LogP contribution < -0.4 is 14.5 Å². The highest BCUT2D eigenvalue weighted by molar-refractivity contribution is 7.92. The molecule has 1 N–H and O–H groups in total. The van der Waals surface area contributed by atoms with Gasteiger partial charge in [0.1, 0.15) is 12.3 Å². The maximum atomic E-state index is 13.3. The molecule has 0 heterocycles. The quantitative estimate of drug-likeness (QED) is 0.397. The van der Waals surface area contributed by atoms with Gasteiger partial charge in [0, 0.05) is 5.02 Å². The summed E-state index contributed by atoms with van der Waals surface area (Å²) < 4.78 is 32.8. The Hall–Kier alpha value is -3.36. The number of halogens is 1. The molecular weight excluding hydrogens is 450 g/mol. The Labute approximate surface area is 192 Å². The Bertz CT molecular complexity index is 1190. The van der Waals surface area contributed by atoms with Gasteiger partial charge in [0.25, 0.3) is 15.9 Å². The molecule has 7 nitrogen and oxygen atoms in total. The normalized spacial score (nSPS) is 11.3. The van der Waals surface area contributed by atoms with E-state index in [1.165, 1.54) is 25.5 Å². The Balaban J connectivity index is 1.83. The molecule has 0 fully saturated rings. The number of hydrogen-bond donors (Lipinski definition) is 1. The van der Waals surface area contributed by atoms with Crippen LogP contribution in [0.5, 0.6) is 5.75 Å². The molecule has 9 heteroatoms. The lowest BCUT2D eigenvalue weighted by molar-refractivity contribution is -0.119. The summed E-state index contributed by atoms with van der Waals surface area (Å²) in [5.74, 6) is -0.0276. The van der Waals surface area contributed by atoms with Crippen LogP contribution in [0.3, 0.4) is 0 Å². The highest BCUT2D eigenvalue weighted by Crippen LogP contribution is 2.26. The third-order valence-electron chi connectivity index (χ3n) is 4.53. The Morgan fingerprint density at radius 2 is 1.66 bits per heavy atom. The molecule has 0 unspecified atom stereocenters. The van der Waals surface area contributed by atoms with Crippen LogP contribution in [-0.2, 0) is 14.8 Å². The first-order chi connectivity index (χ1) is 15.3. The number of hydrazone groups is 1. The van der Waals surface area contributed by atoms with Crippen LogP contribution >= 0.6 is 11.6 Å². The van der Waals surface area contributed by atoms with Gasteiger partial charge < -0.3 is 4.74 Å². The summed E-state index contributed by atoms with van der Waals surface area (Å²) in [7, 11) is -2.49. The largest absolute Gasteiger partial charge is 0.497 e. The number of methoxy groups -OCH3 is 1. The molecule has 0 spiro atoms. The van der Waals surface area contributed by atoms with Crippen LogP contribution in [0.4, 0.5) is 5.69 Å². The van der Waals surface area contributed by atoms with E-state index in [1.807, 2.05) is 6.92 Å². The SMILES string of the molecule is COc1ccc(N(CC(=O)N/N=C/c2ccc(Cl)cc2)S(=O)(=O)c2ccc(C)cc2)cc1. The molecule has 1 amide bonds. The fraction of sp³-hybridized carbons (Fsp3) is 0.130. The highest BCUT2D eigenvalue weighted by atomic mass is 35.5. The van der Waals surface area contributed by atoms with Gasteiger partial charge in [-0.1, -0.05) is 41.4 Å². The first kappa shape index (κ1) is 23.3. The predicted molar refractivity (Wildman–Crippen MR) is 126 cm³/mol. The minimum absolute atomic E-state index is 0.0800. The lowest BCUT2D eigenvalue weighted by atomic mass is 10.2. The van der Waals surface area contributed by atoms with Crippen molar-refractivity contribution in [3.63, 3.8) is 0 Å². The average Bonchev–Trinajstić information content (AvgIpc) is 2.79. The van der Waals surface area contributed by atoms with E-state index in [1.54, 1.807) is 60.7 Å². The van der Waals surface area contributed by atoms with Crippen molar-refractivity contribution in [1.82, 2.24) is 5.43 Å². The van der Waals surface area contributed by atoms with E-state index < -0.39 is 22.5 Å². The van der Waals surface area contributed by atoms with Crippen molar-refractivity contribution in [2.24, 2.45) is 5.10 Å². The summed E-state index contributed by atoms with van der Waals surface area (Å²) in [6.07, 6.45) is 1.44. The molecule has 166 valence electrons. The number of benzene rings is 3. The number of aryl methyl sites for hydroxylation is 1. The summed E-state index contributed by atoms with van der Waals surface area (Å²) >= 11 is 5.85. The average molecular weight is 472 g/mol. The van der Waals surface area contributed by atoms with Gasteiger partial charge in [-0.25, -0.2) is 13.8 Å². The van der Waals surface area contributed by atoms with E-state index in [0.717, 1.165) is 15.4 Å². The molecular formula is C23H22ClN3O4S. The number of ether oxygens (including phenoxy) is 1. The van der Waals surface area contributed by atoms with Gasteiger partial charge in [-0.3, -0.25) is 9.10 Å². The second-order valence-corrected chi connectivity index (χ2v) is 9.17. The van der Waals surface area contributed by atoms with Gasteiger partial charge in [-0.05, 0) is 61.0 Å². The Kier molecular flexibility index (Phi) is 7.50. The summed E-state index contributed by atoms with van der Waals surface area (Å²) in [6, 6.07) is 19.7. The van der Waals surface area contributed by atoms with Gasteiger partial charge in [-0.2, -0.15) is 5.10 Å². The van der Waals surface area contributed by atoms with Crippen LogP contribution in [0.1, 0.15) is 11.1 Å². The highest BCUT2D eigenvalue weighted by Gasteiger charge is 2.27. The number of carbonyl (C=O) groups is 1. The van der Waals surface area contributed by atoms with E-state index in [9.17, 15) is 13.2 Å². The molecule has 32 heavy (non-hydrogen) atoms. The molecule has 3 rings (SSSR count). The van der Waals surface area contributed by atoms with E-state index in [-0.39, 0.29) is 4.90 Å². The van der Waals surface area contributed by atoms with Crippen molar-refractivity contribution in [3.05, 3.63) is 88.9 Å². The van der Waals surface area contributed by atoms with Crippen molar-refractivity contribution in [1.29, 1.82) is 0 Å². The first-order valence-electron chi connectivity index (χ1n) is 9.60. The number of hydrogen-bond acceptors (Lipinski definition) is 5. The Morgan fingerprint density at radius 1 is 1.03 bits per heavy atom. The van der Waals surface area contributed by atoms with Gasteiger partial charge in [0.05, 0.1) is 23.9 Å². The molecule has 3 aromatic carbocycles. The maximum Gasteiger partial charge on any atom is 0.264 e. The number of amides is 1. The van der Waals surface area contributed by atoms with Crippen LogP contribution in [0.2, 0.25) is 5.02 Å². The predicted octanol–water partition coefficient (Wildman–Crippen LogP) is 4.00. The molecule has 0 aliphatic rings. The van der Waals surface area contributed by atoms with Crippen molar-refractivity contribution < 1.29 is 17.9 Å². The van der Waals surface area contributed by atoms with Gasteiger partial charge in [0.15, 0.2) is 0 Å². The standard InChI is InChI=1S/C23H22ClN3O4S/c1-17-3-13-22(14-4-17)32(29,30)27(20-9-11-21(31-2)12-10-20)16-23(28)26-25-15-18-5-7-19(24)8-6-18/h3-15H,16H2,1-2H3,(H,26,28)/b25-15+. The van der Waals surface area contributed by atoms with Crippen molar-refractivity contribution in [3.8, 4) is 5.75 Å². The molecule has 0 saturated heterocycles. The molecule has 0 aliphatic carbocycles. The molecule has 0 aromatic heterocycles. The Morgan fingerprint density at radius 3 is 2.25 bits per heavy atom. The van der Waals surface area contributed by atoms with Gasteiger partial charge in [0.2, 0.25) is 0 Å². The van der Waals surface area contributed by atoms with E-state index in [0.29, 0.717) is 16.5 Å². The summed E-state index contributed by atoms with van der Waals surface area (Å²) in [4.78, 5) is 12.6. The van der Waals surface area contributed by atoms with Crippen LogP contribution in [0, 0.1) is 6.92 Å². The maximum absolute atomic E-state index is 13.3. The minimum Gasteiger partial charge on any atom is -0.497 e. The van der Waals surface area contributed by atoms with Crippen molar-refractivity contribution in [2.45, 2.75) is 11.8 Å². The second-order valence-electron chi connectivity index (χ2n) is 6.87. The molecule has 0 atom stereocenters. The molecule has 0 saturated carbocycles. The van der Waals surface area contributed by atoms with E-state index in [4.69, 9.17) is 16.3 Å². The van der Waals surface area contributed by atoms with Gasteiger partial charge in [-0.15, -0.1) is 0 Å². The monoisotopic (exact) mass is 471 g/mol. The summed E-state index contributed by atoms with van der Waals surface area (Å²) in [5.41, 5.74) is 4.35.